The predicted octanol–water partition coefficient (Wildman–Crippen LogP) is 4.66. The molecule has 0 atom stereocenters. The summed E-state index contributed by atoms with van der Waals surface area (Å²) in [5, 5.41) is 3.30. The number of fused-ring (bicyclic) bond motifs is 1. The average Bonchev–Trinajstić information content (AvgIpc) is 2.91. The molecule has 3 aromatic rings. The summed E-state index contributed by atoms with van der Waals surface area (Å²) < 4.78 is 28.2. The Bertz CT molecular complexity index is 896. The lowest BCUT2D eigenvalue weighted by molar-refractivity contribution is 0.00495. The number of pyridine rings is 2. The van der Waals surface area contributed by atoms with Gasteiger partial charge < -0.3 is 9.88 Å². The molecule has 0 bridgehead atoms. The van der Waals surface area contributed by atoms with Crippen LogP contribution in [0.2, 0.25) is 0 Å². The van der Waals surface area contributed by atoms with Crippen LogP contribution >= 0.6 is 0 Å². The topological polar surface area (TPSA) is 55.6 Å². The maximum Gasteiger partial charge on any atom is 0.262 e. The lowest BCUT2D eigenvalue weighted by Crippen LogP contribution is -2.18. The SMILES string of the molecule is Cc1ccnc(C(C)C)c1Nc1nccc2c1ncn2CC(C)(F)F. The van der Waals surface area contributed by atoms with Crippen molar-refractivity contribution in [3.05, 3.63) is 42.1 Å². The van der Waals surface area contributed by atoms with Crippen molar-refractivity contribution in [3.63, 3.8) is 0 Å². The van der Waals surface area contributed by atoms with Crippen LogP contribution < -0.4 is 5.32 Å². The number of aromatic nitrogens is 4. The zero-order valence-electron chi connectivity index (χ0n) is 14.7. The molecule has 25 heavy (non-hydrogen) atoms. The second kappa shape index (κ2) is 6.38. The molecule has 0 spiro atoms. The Morgan fingerprint density at radius 2 is 1.88 bits per heavy atom. The van der Waals surface area contributed by atoms with Crippen LogP contribution in [0.25, 0.3) is 11.0 Å². The number of nitrogens with zero attached hydrogens (tertiary/aromatic N) is 4. The van der Waals surface area contributed by atoms with Gasteiger partial charge in [-0.3, -0.25) is 4.98 Å². The van der Waals surface area contributed by atoms with Crippen molar-refractivity contribution in [2.45, 2.75) is 46.1 Å². The quantitative estimate of drug-likeness (QED) is 0.731. The van der Waals surface area contributed by atoms with Gasteiger partial charge in [0.15, 0.2) is 5.82 Å². The van der Waals surface area contributed by atoms with Crippen LogP contribution in [0.4, 0.5) is 20.3 Å². The van der Waals surface area contributed by atoms with Crippen molar-refractivity contribution in [3.8, 4) is 0 Å². The number of rotatable bonds is 5. The first-order valence-corrected chi connectivity index (χ1v) is 8.16. The van der Waals surface area contributed by atoms with Gasteiger partial charge >= 0.3 is 0 Å². The van der Waals surface area contributed by atoms with Gasteiger partial charge in [0.1, 0.15) is 5.52 Å². The largest absolute Gasteiger partial charge is 0.337 e. The second-order valence-electron chi connectivity index (χ2n) is 6.64. The highest BCUT2D eigenvalue weighted by Crippen LogP contribution is 2.30. The summed E-state index contributed by atoms with van der Waals surface area (Å²) in [6.45, 7) is 6.60. The van der Waals surface area contributed by atoms with Crippen molar-refractivity contribution < 1.29 is 8.78 Å². The van der Waals surface area contributed by atoms with Gasteiger partial charge in [-0.05, 0) is 30.5 Å². The third-order valence-corrected chi connectivity index (χ3v) is 3.97. The lowest BCUT2D eigenvalue weighted by Gasteiger charge is -2.16. The number of hydrogen-bond acceptors (Lipinski definition) is 4. The maximum atomic E-state index is 13.4. The number of nitrogens with one attached hydrogen (secondary N) is 1. The smallest absolute Gasteiger partial charge is 0.262 e. The van der Waals surface area contributed by atoms with Crippen LogP contribution in [0.15, 0.2) is 30.9 Å². The van der Waals surface area contributed by atoms with Gasteiger partial charge in [-0.1, -0.05) is 13.8 Å². The fourth-order valence-electron chi connectivity index (χ4n) is 2.81. The maximum absolute atomic E-state index is 13.4. The summed E-state index contributed by atoms with van der Waals surface area (Å²) in [7, 11) is 0. The molecule has 0 aromatic carbocycles. The number of halogens is 2. The molecule has 0 saturated carbocycles. The summed E-state index contributed by atoms with van der Waals surface area (Å²) in [4.78, 5) is 13.1. The van der Waals surface area contributed by atoms with Gasteiger partial charge in [0.25, 0.3) is 5.92 Å². The van der Waals surface area contributed by atoms with Crippen LogP contribution in [-0.2, 0) is 6.54 Å². The van der Waals surface area contributed by atoms with E-state index in [0.717, 1.165) is 23.9 Å². The molecule has 132 valence electrons. The molecule has 1 N–H and O–H groups in total. The minimum Gasteiger partial charge on any atom is -0.337 e. The van der Waals surface area contributed by atoms with Crippen LogP contribution in [0.3, 0.4) is 0 Å². The molecule has 7 heteroatoms. The molecule has 0 saturated heterocycles. The predicted molar refractivity (Wildman–Crippen MR) is 94.5 cm³/mol. The van der Waals surface area contributed by atoms with E-state index in [1.165, 1.54) is 10.9 Å². The van der Waals surface area contributed by atoms with Gasteiger partial charge in [-0.15, -0.1) is 0 Å². The molecule has 3 heterocycles. The second-order valence-corrected chi connectivity index (χ2v) is 6.64. The van der Waals surface area contributed by atoms with E-state index in [1.54, 1.807) is 18.5 Å². The van der Waals surface area contributed by atoms with Gasteiger partial charge in [0, 0.05) is 19.3 Å². The molecule has 0 unspecified atom stereocenters. The Labute approximate surface area is 145 Å². The molecule has 0 aliphatic heterocycles. The van der Waals surface area contributed by atoms with E-state index in [0.29, 0.717) is 16.9 Å². The molecule has 3 aromatic heterocycles. The summed E-state index contributed by atoms with van der Waals surface area (Å²) in [6.07, 6.45) is 4.80. The third kappa shape index (κ3) is 3.60. The van der Waals surface area contributed by atoms with Crippen molar-refractivity contribution in [2.75, 3.05) is 5.32 Å². The lowest BCUT2D eigenvalue weighted by atomic mass is 10.0. The number of alkyl halides is 2. The zero-order chi connectivity index (χ0) is 18.2. The van der Waals surface area contributed by atoms with Crippen LogP contribution in [-0.4, -0.2) is 25.4 Å². The molecular weight excluding hydrogens is 324 g/mol. The Morgan fingerprint density at radius 3 is 2.56 bits per heavy atom. The number of aryl methyl sites for hydroxylation is 1. The molecule has 5 nitrogen and oxygen atoms in total. The van der Waals surface area contributed by atoms with Crippen LogP contribution in [0, 0.1) is 6.92 Å². The monoisotopic (exact) mass is 345 g/mol. The van der Waals surface area contributed by atoms with Gasteiger partial charge in [0.05, 0.1) is 29.8 Å². The van der Waals surface area contributed by atoms with Crippen LogP contribution in [0.1, 0.15) is 37.9 Å². The minimum atomic E-state index is -2.81. The van der Waals surface area contributed by atoms with Gasteiger partial charge in [-0.25, -0.2) is 18.7 Å². The molecule has 0 amide bonds. The molecule has 0 radical (unpaired) electrons. The fourth-order valence-corrected chi connectivity index (χ4v) is 2.81. The Kier molecular flexibility index (Phi) is 4.41. The highest BCUT2D eigenvalue weighted by Gasteiger charge is 2.23. The Balaban J connectivity index is 2.04. The van der Waals surface area contributed by atoms with Crippen molar-refractivity contribution >= 4 is 22.5 Å². The first kappa shape index (κ1) is 17.3. The first-order chi connectivity index (χ1) is 11.8. The number of imidazole rings is 1. The minimum absolute atomic E-state index is 0.234. The van der Waals surface area contributed by atoms with E-state index in [2.05, 4.69) is 34.1 Å². The van der Waals surface area contributed by atoms with E-state index in [4.69, 9.17) is 0 Å². The molecule has 3 rings (SSSR count). The molecular formula is C18H21F2N5. The van der Waals surface area contributed by atoms with E-state index in [9.17, 15) is 8.78 Å². The average molecular weight is 345 g/mol. The highest BCUT2D eigenvalue weighted by molar-refractivity contribution is 5.88. The molecule has 0 aliphatic rings. The standard InChI is InChI=1S/C18H21F2N5/c1-11(2)14-15(12(3)5-7-21-14)24-17-16-13(6-8-22-17)25(10-23-16)9-18(4,19)20/h5-8,10-11H,9H2,1-4H3,(H,22,24). The van der Waals surface area contributed by atoms with E-state index < -0.39 is 12.5 Å². The van der Waals surface area contributed by atoms with Crippen molar-refractivity contribution in [1.29, 1.82) is 0 Å². The summed E-state index contributed by atoms with van der Waals surface area (Å²) in [5.74, 6) is -2.04. The number of anilines is 2. The Hall–Kier alpha value is -2.57. The highest BCUT2D eigenvalue weighted by atomic mass is 19.3. The third-order valence-electron chi connectivity index (χ3n) is 3.97. The zero-order valence-corrected chi connectivity index (χ0v) is 14.7. The van der Waals surface area contributed by atoms with Crippen molar-refractivity contribution in [2.24, 2.45) is 0 Å². The van der Waals surface area contributed by atoms with Crippen LogP contribution in [0.5, 0.6) is 0 Å². The molecule has 0 aliphatic carbocycles. The normalized spacial score (nSPS) is 12.1. The first-order valence-electron chi connectivity index (χ1n) is 8.16. The van der Waals surface area contributed by atoms with E-state index >= 15 is 0 Å². The fraction of sp³-hybridized carbons (Fsp3) is 0.389. The summed E-state index contributed by atoms with van der Waals surface area (Å²) in [5.41, 5.74) is 4.03. The van der Waals surface area contributed by atoms with Gasteiger partial charge in [-0.2, -0.15) is 0 Å². The van der Waals surface area contributed by atoms with E-state index in [-0.39, 0.29) is 5.92 Å². The van der Waals surface area contributed by atoms with E-state index in [1.807, 2.05) is 13.0 Å². The summed E-state index contributed by atoms with van der Waals surface area (Å²) in [6, 6.07) is 3.61. The molecule has 0 fully saturated rings. The summed E-state index contributed by atoms with van der Waals surface area (Å²) >= 11 is 0. The van der Waals surface area contributed by atoms with Crippen molar-refractivity contribution in [1.82, 2.24) is 19.5 Å². The Morgan fingerprint density at radius 1 is 1.16 bits per heavy atom. The number of hydrogen-bond donors (Lipinski definition) is 1. The van der Waals surface area contributed by atoms with Gasteiger partial charge in [0.2, 0.25) is 0 Å².